The number of aromatic nitrogens is 1. The molecule has 0 unspecified atom stereocenters. The summed E-state index contributed by atoms with van der Waals surface area (Å²) in [5.74, 6) is -0.191. The van der Waals surface area contributed by atoms with Crippen molar-refractivity contribution >= 4 is 61.5 Å². The highest BCUT2D eigenvalue weighted by Gasteiger charge is 2.19. The molecule has 0 aliphatic carbocycles. The first-order chi connectivity index (χ1) is 13.5. The van der Waals surface area contributed by atoms with E-state index >= 15 is 0 Å². The van der Waals surface area contributed by atoms with Gasteiger partial charge in [-0.15, -0.1) is 22.7 Å². The van der Waals surface area contributed by atoms with Crippen molar-refractivity contribution in [3.63, 3.8) is 0 Å². The van der Waals surface area contributed by atoms with Crippen molar-refractivity contribution in [2.24, 2.45) is 0 Å². The number of anilines is 1. The molecule has 2 heterocycles. The summed E-state index contributed by atoms with van der Waals surface area (Å²) in [5, 5.41) is 5.38. The van der Waals surface area contributed by atoms with Gasteiger partial charge in [0, 0.05) is 21.5 Å². The Labute approximate surface area is 176 Å². The molecular formula is C22H17ClN2OS2. The van der Waals surface area contributed by atoms with Crippen LogP contribution < -0.4 is 5.32 Å². The molecule has 4 rings (SSSR count). The molecule has 0 aliphatic heterocycles. The van der Waals surface area contributed by atoms with Gasteiger partial charge in [0.1, 0.15) is 10.0 Å². The lowest BCUT2D eigenvalue weighted by atomic mass is 10.1. The topological polar surface area (TPSA) is 42.0 Å². The van der Waals surface area contributed by atoms with Gasteiger partial charge in [-0.3, -0.25) is 4.79 Å². The smallest absolute Gasteiger partial charge is 0.249 e. The van der Waals surface area contributed by atoms with Crippen LogP contribution in [0.4, 0.5) is 5.00 Å². The average Bonchev–Trinajstić information content (AvgIpc) is 3.21. The van der Waals surface area contributed by atoms with Gasteiger partial charge in [0.25, 0.3) is 0 Å². The van der Waals surface area contributed by atoms with Gasteiger partial charge in [0.05, 0.1) is 10.2 Å². The maximum Gasteiger partial charge on any atom is 0.249 e. The Hall–Kier alpha value is -2.47. The van der Waals surface area contributed by atoms with Gasteiger partial charge in [-0.1, -0.05) is 41.9 Å². The summed E-state index contributed by atoms with van der Waals surface area (Å²) >= 11 is 9.36. The number of benzene rings is 2. The highest BCUT2D eigenvalue weighted by Crippen LogP contribution is 2.43. The first-order valence-electron chi connectivity index (χ1n) is 8.72. The number of para-hydroxylation sites is 1. The van der Waals surface area contributed by atoms with Crippen LogP contribution in [0, 0.1) is 13.8 Å². The molecule has 1 amide bonds. The molecule has 28 heavy (non-hydrogen) atoms. The quantitative estimate of drug-likeness (QED) is 0.360. The number of aryl methyl sites for hydroxylation is 1. The summed E-state index contributed by atoms with van der Waals surface area (Å²) in [5.41, 5.74) is 3.93. The second-order valence-electron chi connectivity index (χ2n) is 6.32. The molecule has 0 atom stereocenters. The number of amides is 1. The summed E-state index contributed by atoms with van der Waals surface area (Å²) in [6, 6.07) is 15.5. The number of rotatable bonds is 4. The van der Waals surface area contributed by atoms with Crippen LogP contribution >= 0.6 is 34.3 Å². The summed E-state index contributed by atoms with van der Waals surface area (Å²) in [4.78, 5) is 18.5. The van der Waals surface area contributed by atoms with E-state index in [9.17, 15) is 4.79 Å². The van der Waals surface area contributed by atoms with Crippen LogP contribution in [0.5, 0.6) is 0 Å². The third kappa shape index (κ3) is 3.74. The van der Waals surface area contributed by atoms with Crippen molar-refractivity contribution in [3.05, 3.63) is 75.6 Å². The predicted octanol–water partition coefficient (Wildman–Crippen LogP) is 6.95. The molecule has 6 heteroatoms. The van der Waals surface area contributed by atoms with Gasteiger partial charge in [0.2, 0.25) is 5.91 Å². The highest BCUT2D eigenvalue weighted by atomic mass is 35.5. The molecule has 2 aromatic heterocycles. The minimum atomic E-state index is -0.191. The van der Waals surface area contributed by atoms with E-state index in [1.807, 2.05) is 36.4 Å². The number of hydrogen-bond acceptors (Lipinski definition) is 4. The van der Waals surface area contributed by atoms with E-state index in [0.717, 1.165) is 36.9 Å². The van der Waals surface area contributed by atoms with Crippen molar-refractivity contribution < 1.29 is 4.79 Å². The molecule has 140 valence electrons. The van der Waals surface area contributed by atoms with Crippen LogP contribution in [-0.4, -0.2) is 10.9 Å². The Morgan fingerprint density at radius 3 is 2.61 bits per heavy atom. The van der Waals surface area contributed by atoms with Crippen molar-refractivity contribution in [1.82, 2.24) is 4.98 Å². The van der Waals surface area contributed by atoms with Crippen molar-refractivity contribution in [1.29, 1.82) is 0 Å². The molecule has 0 aliphatic rings. The third-order valence-corrected chi connectivity index (χ3v) is 6.97. The molecule has 2 aromatic carbocycles. The van der Waals surface area contributed by atoms with Crippen LogP contribution in [0.15, 0.2) is 54.6 Å². The molecule has 0 spiro atoms. The van der Waals surface area contributed by atoms with E-state index in [1.165, 1.54) is 11.0 Å². The van der Waals surface area contributed by atoms with E-state index < -0.39 is 0 Å². The van der Waals surface area contributed by atoms with Gasteiger partial charge < -0.3 is 5.32 Å². The zero-order valence-electron chi connectivity index (χ0n) is 15.3. The molecule has 4 aromatic rings. The molecule has 0 fully saturated rings. The van der Waals surface area contributed by atoms with Crippen LogP contribution in [0.1, 0.15) is 16.0 Å². The normalized spacial score (nSPS) is 11.4. The summed E-state index contributed by atoms with van der Waals surface area (Å²) in [7, 11) is 0. The number of hydrogen-bond donors (Lipinski definition) is 1. The number of thiophene rings is 1. The van der Waals surface area contributed by atoms with E-state index in [1.54, 1.807) is 34.8 Å². The van der Waals surface area contributed by atoms with E-state index in [-0.39, 0.29) is 5.91 Å². The molecular weight excluding hydrogens is 408 g/mol. The number of thiazole rings is 1. The largest absolute Gasteiger partial charge is 0.313 e. The van der Waals surface area contributed by atoms with Gasteiger partial charge >= 0.3 is 0 Å². The molecule has 0 bridgehead atoms. The lowest BCUT2D eigenvalue weighted by Gasteiger charge is -2.03. The monoisotopic (exact) mass is 424 g/mol. The highest BCUT2D eigenvalue weighted by molar-refractivity contribution is 7.22. The van der Waals surface area contributed by atoms with Crippen molar-refractivity contribution in [2.75, 3.05) is 5.32 Å². The fourth-order valence-corrected chi connectivity index (χ4v) is 5.28. The van der Waals surface area contributed by atoms with Crippen LogP contribution in [-0.2, 0) is 4.79 Å². The van der Waals surface area contributed by atoms with Gasteiger partial charge in [0.15, 0.2) is 0 Å². The number of halogens is 1. The van der Waals surface area contributed by atoms with Crippen molar-refractivity contribution in [3.8, 4) is 10.6 Å². The molecule has 3 nitrogen and oxygen atoms in total. The van der Waals surface area contributed by atoms with Crippen LogP contribution in [0.25, 0.3) is 26.9 Å². The minimum Gasteiger partial charge on any atom is -0.313 e. The Balaban J connectivity index is 1.64. The Morgan fingerprint density at radius 2 is 1.82 bits per heavy atom. The zero-order chi connectivity index (χ0) is 19.7. The minimum absolute atomic E-state index is 0.191. The lowest BCUT2D eigenvalue weighted by Crippen LogP contribution is -2.07. The van der Waals surface area contributed by atoms with Gasteiger partial charge in [-0.25, -0.2) is 4.98 Å². The number of carbonyl (C=O) groups excluding carboxylic acids is 1. The average molecular weight is 425 g/mol. The molecule has 0 saturated heterocycles. The fourth-order valence-electron chi connectivity index (χ4n) is 2.88. The summed E-state index contributed by atoms with van der Waals surface area (Å²) in [6.45, 7) is 4.13. The maximum absolute atomic E-state index is 12.5. The first kappa shape index (κ1) is 18.9. The van der Waals surface area contributed by atoms with Crippen LogP contribution in [0.2, 0.25) is 5.02 Å². The SMILES string of the molecule is Cc1sc(NC(=O)/C=C/c2ccccc2Cl)c(-c2nc3ccccc3s2)c1C. The Kier molecular flexibility index (Phi) is 5.31. The number of fused-ring (bicyclic) bond motifs is 1. The number of nitrogens with zero attached hydrogens (tertiary/aromatic N) is 1. The summed E-state index contributed by atoms with van der Waals surface area (Å²) < 4.78 is 1.14. The number of nitrogens with one attached hydrogen (secondary N) is 1. The third-order valence-electron chi connectivity index (χ3n) is 4.45. The van der Waals surface area contributed by atoms with E-state index in [0.29, 0.717) is 5.02 Å². The lowest BCUT2D eigenvalue weighted by molar-refractivity contribution is -0.111. The maximum atomic E-state index is 12.5. The fraction of sp³-hybridized carbons (Fsp3) is 0.0909. The van der Waals surface area contributed by atoms with Gasteiger partial charge in [-0.05, 0) is 49.2 Å². The standard InChI is InChI=1S/C22H17ClN2OS2/c1-13-14(2)27-22(20(13)21-24-17-9-5-6-10-18(17)28-21)25-19(26)12-11-15-7-3-4-8-16(15)23/h3-12H,1-2H3,(H,25,26)/b12-11+. The van der Waals surface area contributed by atoms with Crippen LogP contribution in [0.3, 0.4) is 0 Å². The second-order valence-corrected chi connectivity index (χ2v) is 8.98. The predicted molar refractivity (Wildman–Crippen MR) is 122 cm³/mol. The first-order valence-corrected chi connectivity index (χ1v) is 10.7. The van der Waals surface area contributed by atoms with Crippen molar-refractivity contribution in [2.45, 2.75) is 13.8 Å². The van der Waals surface area contributed by atoms with E-state index in [2.05, 4.69) is 25.2 Å². The van der Waals surface area contributed by atoms with E-state index in [4.69, 9.17) is 16.6 Å². The molecule has 0 saturated carbocycles. The molecule has 0 radical (unpaired) electrons. The Morgan fingerprint density at radius 1 is 1.07 bits per heavy atom. The summed E-state index contributed by atoms with van der Waals surface area (Å²) in [6.07, 6.45) is 3.23. The number of carbonyl (C=O) groups is 1. The molecule has 1 N–H and O–H groups in total. The zero-order valence-corrected chi connectivity index (χ0v) is 17.7. The Bertz CT molecular complexity index is 1170. The van der Waals surface area contributed by atoms with Gasteiger partial charge in [-0.2, -0.15) is 0 Å². The second kappa shape index (κ2) is 7.87.